The molecule has 0 radical (unpaired) electrons. The van der Waals surface area contributed by atoms with Crippen molar-refractivity contribution in [2.24, 2.45) is 5.92 Å². The predicted octanol–water partition coefficient (Wildman–Crippen LogP) is 3.46. The average molecular weight is 292 g/mol. The molecular formula is C17H28N2O2. The van der Waals surface area contributed by atoms with Gasteiger partial charge in [-0.15, -0.1) is 0 Å². The van der Waals surface area contributed by atoms with E-state index < -0.39 is 6.10 Å². The fourth-order valence-corrected chi connectivity index (χ4v) is 4.11. The van der Waals surface area contributed by atoms with Crippen molar-refractivity contribution in [2.45, 2.75) is 76.5 Å². The van der Waals surface area contributed by atoms with Gasteiger partial charge >= 0.3 is 0 Å². The van der Waals surface area contributed by atoms with Crippen molar-refractivity contribution < 1.29 is 9.84 Å². The lowest BCUT2D eigenvalue weighted by Crippen LogP contribution is -2.43. The standard InChI is InChI=1S/C17H28N2O2/c1-2-11-19-15(6-10-18-19)16(20)14-7-12-21-17(13-14)8-4-3-5-9-17/h6,10,14,16,20H,2-5,7-9,11-13H2,1H3. The number of aromatic nitrogens is 2. The zero-order valence-corrected chi connectivity index (χ0v) is 13.1. The molecule has 2 unspecified atom stereocenters. The third-order valence-electron chi connectivity index (χ3n) is 5.23. The Hall–Kier alpha value is -0.870. The van der Waals surface area contributed by atoms with Crippen LogP contribution in [-0.4, -0.2) is 27.1 Å². The summed E-state index contributed by atoms with van der Waals surface area (Å²) in [6.45, 7) is 3.82. The SMILES string of the molecule is CCCn1nccc1C(O)C1CCOC2(CCCCC2)C1. The lowest BCUT2D eigenvalue weighted by molar-refractivity contribution is -0.134. The summed E-state index contributed by atoms with van der Waals surface area (Å²) in [5.74, 6) is 0.309. The third kappa shape index (κ3) is 3.16. The molecule has 0 aromatic carbocycles. The third-order valence-corrected chi connectivity index (χ3v) is 5.23. The molecule has 21 heavy (non-hydrogen) atoms. The maximum Gasteiger partial charge on any atom is 0.0986 e. The minimum atomic E-state index is -0.401. The van der Waals surface area contributed by atoms with E-state index in [0.29, 0.717) is 5.92 Å². The van der Waals surface area contributed by atoms with Crippen molar-refractivity contribution in [3.8, 4) is 0 Å². The summed E-state index contributed by atoms with van der Waals surface area (Å²) in [6.07, 6.45) is 10.6. The average Bonchev–Trinajstić information content (AvgIpc) is 2.96. The van der Waals surface area contributed by atoms with Gasteiger partial charge in [0.15, 0.2) is 0 Å². The smallest absolute Gasteiger partial charge is 0.0986 e. The van der Waals surface area contributed by atoms with Crippen molar-refractivity contribution in [2.75, 3.05) is 6.61 Å². The molecular weight excluding hydrogens is 264 g/mol. The molecule has 2 fully saturated rings. The van der Waals surface area contributed by atoms with Crippen LogP contribution in [0, 0.1) is 5.92 Å². The van der Waals surface area contributed by atoms with E-state index in [0.717, 1.165) is 38.1 Å². The van der Waals surface area contributed by atoms with Gasteiger partial charge in [0, 0.05) is 19.3 Å². The quantitative estimate of drug-likeness (QED) is 0.924. The van der Waals surface area contributed by atoms with Crippen LogP contribution in [0.1, 0.15) is 70.1 Å². The first-order valence-corrected chi connectivity index (χ1v) is 8.58. The normalized spacial score (nSPS) is 26.9. The highest BCUT2D eigenvalue weighted by atomic mass is 16.5. The van der Waals surface area contributed by atoms with Crippen LogP contribution in [0.15, 0.2) is 12.3 Å². The zero-order valence-electron chi connectivity index (χ0n) is 13.1. The molecule has 1 aromatic rings. The molecule has 1 saturated heterocycles. The molecule has 1 N–H and O–H groups in total. The second-order valence-corrected chi connectivity index (χ2v) is 6.77. The van der Waals surface area contributed by atoms with Gasteiger partial charge < -0.3 is 9.84 Å². The van der Waals surface area contributed by atoms with Crippen LogP contribution in [0.2, 0.25) is 0 Å². The van der Waals surface area contributed by atoms with Crippen molar-refractivity contribution >= 4 is 0 Å². The van der Waals surface area contributed by atoms with E-state index in [1.807, 2.05) is 16.9 Å². The van der Waals surface area contributed by atoms with E-state index in [-0.39, 0.29) is 5.60 Å². The summed E-state index contributed by atoms with van der Waals surface area (Å²) in [7, 11) is 0. The first-order chi connectivity index (χ1) is 10.2. The van der Waals surface area contributed by atoms with E-state index in [1.165, 1.54) is 32.1 Å². The number of aliphatic hydroxyl groups excluding tert-OH is 1. The molecule has 2 atom stereocenters. The molecule has 1 aromatic heterocycles. The minimum Gasteiger partial charge on any atom is -0.387 e. The molecule has 4 nitrogen and oxygen atoms in total. The van der Waals surface area contributed by atoms with Gasteiger partial charge in [-0.25, -0.2) is 0 Å². The van der Waals surface area contributed by atoms with E-state index in [9.17, 15) is 5.11 Å². The fourth-order valence-electron chi connectivity index (χ4n) is 4.11. The van der Waals surface area contributed by atoms with Crippen LogP contribution in [0.25, 0.3) is 0 Å². The highest BCUT2D eigenvalue weighted by Gasteiger charge is 2.41. The van der Waals surface area contributed by atoms with Crippen LogP contribution < -0.4 is 0 Å². The Morgan fingerprint density at radius 3 is 3.00 bits per heavy atom. The number of hydrogen-bond donors (Lipinski definition) is 1. The summed E-state index contributed by atoms with van der Waals surface area (Å²) >= 11 is 0. The summed E-state index contributed by atoms with van der Waals surface area (Å²) in [6, 6.07) is 1.98. The Morgan fingerprint density at radius 1 is 1.43 bits per heavy atom. The molecule has 118 valence electrons. The Balaban J connectivity index is 1.71. The highest BCUT2D eigenvalue weighted by molar-refractivity contribution is 5.07. The molecule has 1 aliphatic heterocycles. The topological polar surface area (TPSA) is 47.3 Å². The van der Waals surface area contributed by atoms with Gasteiger partial charge in [0.1, 0.15) is 0 Å². The number of hydrogen-bond acceptors (Lipinski definition) is 3. The van der Waals surface area contributed by atoms with Crippen LogP contribution >= 0.6 is 0 Å². The van der Waals surface area contributed by atoms with Crippen molar-refractivity contribution in [1.82, 2.24) is 9.78 Å². The van der Waals surface area contributed by atoms with E-state index in [2.05, 4.69) is 12.0 Å². The van der Waals surface area contributed by atoms with Crippen LogP contribution in [0.4, 0.5) is 0 Å². The van der Waals surface area contributed by atoms with Gasteiger partial charge in [-0.1, -0.05) is 26.2 Å². The fraction of sp³-hybridized carbons (Fsp3) is 0.824. The molecule has 1 saturated carbocycles. The van der Waals surface area contributed by atoms with Gasteiger partial charge in [-0.3, -0.25) is 4.68 Å². The first-order valence-electron chi connectivity index (χ1n) is 8.58. The zero-order chi connectivity index (χ0) is 14.7. The van der Waals surface area contributed by atoms with Crippen molar-refractivity contribution in [3.05, 3.63) is 18.0 Å². The Kier molecular flexibility index (Phi) is 4.65. The minimum absolute atomic E-state index is 0.0533. The van der Waals surface area contributed by atoms with Crippen molar-refractivity contribution in [1.29, 1.82) is 0 Å². The van der Waals surface area contributed by atoms with E-state index >= 15 is 0 Å². The summed E-state index contributed by atoms with van der Waals surface area (Å²) in [5, 5.41) is 15.2. The lowest BCUT2D eigenvalue weighted by atomic mass is 9.74. The molecule has 4 heteroatoms. The summed E-state index contributed by atoms with van der Waals surface area (Å²) < 4.78 is 8.11. The molecule has 2 aliphatic rings. The molecule has 0 amide bonds. The van der Waals surface area contributed by atoms with Gasteiger partial charge in [0.2, 0.25) is 0 Å². The molecule has 2 heterocycles. The lowest BCUT2D eigenvalue weighted by Gasteiger charge is -2.44. The first kappa shape index (κ1) is 15.0. The predicted molar refractivity (Wildman–Crippen MR) is 82.0 cm³/mol. The van der Waals surface area contributed by atoms with Crippen molar-refractivity contribution in [3.63, 3.8) is 0 Å². The Labute approximate surface area is 127 Å². The van der Waals surface area contributed by atoms with Gasteiger partial charge in [0.05, 0.1) is 17.4 Å². The molecule has 1 spiro atoms. The number of aliphatic hydroxyl groups is 1. The van der Waals surface area contributed by atoms with Crippen LogP contribution in [-0.2, 0) is 11.3 Å². The molecule has 0 bridgehead atoms. The maximum absolute atomic E-state index is 10.8. The van der Waals surface area contributed by atoms with E-state index in [4.69, 9.17) is 4.74 Å². The van der Waals surface area contributed by atoms with Crippen LogP contribution in [0.5, 0.6) is 0 Å². The number of aryl methyl sites for hydroxylation is 1. The largest absolute Gasteiger partial charge is 0.387 e. The Bertz CT molecular complexity index is 446. The number of ether oxygens (including phenoxy) is 1. The summed E-state index contributed by atoms with van der Waals surface area (Å²) in [4.78, 5) is 0. The van der Waals surface area contributed by atoms with E-state index in [1.54, 1.807) is 0 Å². The number of rotatable bonds is 4. The molecule has 3 rings (SSSR count). The van der Waals surface area contributed by atoms with Gasteiger partial charge in [-0.2, -0.15) is 5.10 Å². The van der Waals surface area contributed by atoms with Gasteiger partial charge in [-0.05, 0) is 44.1 Å². The molecule has 1 aliphatic carbocycles. The highest BCUT2D eigenvalue weighted by Crippen LogP contribution is 2.44. The summed E-state index contributed by atoms with van der Waals surface area (Å²) in [5.41, 5.74) is 1.03. The number of nitrogens with zero attached hydrogens (tertiary/aromatic N) is 2. The maximum atomic E-state index is 10.8. The monoisotopic (exact) mass is 292 g/mol. The Morgan fingerprint density at radius 2 is 2.24 bits per heavy atom. The second kappa shape index (κ2) is 6.49. The van der Waals surface area contributed by atoms with Gasteiger partial charge in [0.25, 0.3) is 0 Å². The second-order valence-electron chi connectivity index (χ2n) is 6.77. The van der Waals surface area contributed by atoms with Crippen LogP contribution in [0.3, 0.4) is 0 Å².